The molecule has 0 spiro atoms. The molecule has 31 heavy (non-hydrogen) atoms. The van der Waals surface area contributed by atoms with Crippen LogP contribution in [0.2, 0.25) is 0 Å². The second-order valence-corrected chi connectivity index (χ2v) is 9.39. The molecule has 2 N–H and O–H groups in total. The highest BCUT2D eigenvalue weighted by Crippen LogP contribution is 2.31. The van der Waals surface area contributed by atoms with E-state index in [1.165, 1.54) is 5.56 Å². The molecule has 1 fully saturated rings. The van der Waals surface area contributed by atoms with Crippen molar-refractivity contribution in [2.45, 2.75) is 30.2 Å². The van der Waals surface area contributed by atoms with Crippen LogP contribution in [-0.2, 0) is 17.7 Å². The molecule has 160 valence electrons. The van der Waals surface area contributed by atoms with E-state index in [4.69, 9.17) is 5.73 Å². The lowest BCUT2D eigenvalue weighted by Gasteiger charge is -2.32. The van der Waals surface area contributed by atoms with E-state index in [9.17, 15) is 9.35 Å². The molecule has 4 rings (SSSR count). The Morgan fingerprint density at radius 2 is 1.77 bits per heavy atom. The lowest BCUT2D eigenvalue weighted by molar-refractivity contribution is 0.0713. The van der Waals surface area contributed by atoms with Crippen molar-refractivity contribution >= 4 is 17.1 Å². The summed E-state index contributed by atoms with van der Waals surface area (Å²) in [5.74, 6) is 0.527. The van der Waals surface area contributed by atoms with E-state index in [2.05, 4.69) is 24.3 Å². The maximum Gasteiger partial charge on any atom is 0.253 e. The number of benzene rings is 3. The molecular weight excluding hydrogens is 404 g/mol. The maximum absolute atomic E-state index is 13.2. The zero-order valence-electron chi connectivity index (χ0n) is 17.8. The quantitative estimate of drug-likeness (QED) is 0.601. The van der Waals surface area contributed by atoms with Crippen molar-refractivity contribution in [2.24, 2.45) is 5.73 Å². The molecule has 1 amide bonds. The minimum absolute atomic E-state index is 0.0612. The van der Waals surface area contributed by atoms with Gasteiger partial charge in [-0.15, -0.1) is 0 Å². The maximum atomic E-state index is 13.2. The fraction of sp³-hybridized carbons (Fsp3) is 0.269. The highest BCUT2D eigenvalue weighted by atomic mass is 32.2. The Hall–Kier alpha value is -2.60. The Labute approximate surface area is 187 Å². The lowest BCUT2D eigenvalue weighted by Crippen LogP contribution is -2.37. The topological polar surface area (TPSA) is 69.4 Å². The second-order valence-electron chi connectivity index (χ2n) is 8.05. The van der Waals surface area contributed by atoms with E-state index in [1.807, 2.05) is 53.4 Å². The molecule has 0 bridgehead atoms. The van der Waals surface area contributed by atoms with E-state index < -0.39 is 11.2 Å². The number of nitrogens with zero attached hydrogens (tertiary/aromatic N) is 1. The molecule has 1 aliphatic heterocycles. The molecule has 3 aromatic rings. The average Bonchev–Trinajstić information content (AvgIpc) is 2.83. The largest absolute Gasteiger partial charge is 0.612 e. The van der Waals surface area contributed by atoms with Crippen molar-refractivity contribution in [1.29, 1.82) is 0 Å². The molecule has 0 aromatic heterocycles. The second kappa shape index (κ2) is 9.69. The van der Waals surface area contributed by atoms with Gasteiger partial charge in [-0.2, -0.15) is 0 Å². The minimum atomic E-state index is -1.09. The third-order valence-electron chi connectivity index (χ3n) is 6.06. The summed E-state index contributed by atoms with van der Waals surface area (Å²) >= 11 is -1.09. The van der Waals surface area contributed by atoms with Crippen LogP contribution in [0.15, 0.2) is 77.7 Å². The summed E-state index contributed by atoms with van der Waals surface area (Å²) in [7, 11) is 0. The molecule has 0 radical (unpaired) electrons. The van der Waals surface area contributed by atoms with Crippen molar-refractivity contribution in [3.05, 3.63) is 89.5 Å². The molecule has 0 aliphatic carbocycles. The SMILES string of the molecule is C[S+]([O-])c1ccccc1-c1cccc(C(=O)N2CCC(c3cccc(CN)c3)CC2)c1. The molecule has 1 unspecified atom stereocenters. The Morgan fingerprint density at radius 3 is 2.52 bits per heavy atom. The van der Waals surface area contributed by atoms with Gasteiger partial charge in [-0.3, -0.25) is 4.79 Å². The van der Waals surface area contributed by atoms with Gasteiger partial charge in [0, 0.05) is 30.8 Å². The van der Waals surface area contributed by atoms with Crippen LogP contribution < -0.4 is 5.73 Å². The van der Waals surface area contributed by atoms with Crippen LogP contribution in [-0.4, -0.2) is 34.7 Å². The van der Waals surface area contributed by atoms with Crippen molar-refractivity contribution in [2.75, 3.05) is 19.3 Å². The fourth-order valence-corrected chi connectivity index (χ4v) is 5.11. The predicted molar refractivity (Wildman–Crippen MR) is 126 cm³/mol. The van der Waals surface area contributed by atoms with Crippen LogP contribution in [0.3, 0.4) is 0 Å². The minimum Gasteiger partial charge on any atom is -0.612 e. The third-order valence-corrected chi connectivity index (χ3v) is 7.03. The standard InChI is InChI=1S/C26H28N2O2S/c1-31(30)25-11-3-2-10-24(25)22-8-5-9-23(17-22)26(29)28-14-12-20(13-15-28)21-7-4-6-19(16-21)18-27/h2-11,16-17,20H,12-15,18,27H2,1H3. The van der Waals surface area contributed by atoms with Gasteiger partial charge in [0.25, 0.3) is 5.91 Å². The number of amides is 1. The highest BCUT2D eigenvalue weighted by Gasteiger charge is 2.25. The molecule has 5 heteroatoms. The molecular formula is C26H28N2O2S. The summed E-state index contributed by atoms with van der Waals surface area (Å²) in [6.07, 6.45) is 3.59. The van der Waals surface area contributed by atoms with Gasteiger partial charge in [0.2, 0.25) is 0 Å². The number of nitrogens with two attached hydrogens (primary N) is 1. The highest BCUT2D eigenvalue weighted by molar-refractivity contribution is 7.90. The van der Waals surface area contributed by atoms with Crippen molar-refractivity contribution < 1.29 is 9.35 Å². The van der Waals surface area contributed by atoms with Gasteiger partial charge in [0.1, 0.15) is 6.26 Å². The van der Waals surface area contributed by atoms with E-state index >= 15 is 0 Å². The summed E-state index contributed by atoms with van der Waals surface area (Å²) in [6, 6.07) is 23.8. The zero-order chi connectivity index (χ0) is 21.8. The predicted octanol–water partition coefficient (Wildman–Crippen LogP) is 4.57. The number of likely N-dealkylation sites (tertiary alicyclic amines) is 1. The van der Waals surface area contributed by atoms with Gasteiger partial charge in [0.15, 0.2) is 4.90 Å². The summed E-state index contributed by atoms with van der Waals surface area (Å²) in [4.78, 5) is 15.9. The average molecular weight is 433 g/mol. The van der Waals surface area contributed by atoms with Gasteiger partial charge in [0.05, 0.1) is 0 Å². The first-order valence-electron chi connectivity index (χ1n) is 10.7. The van der Waals surface area contributed by atoms with Crippen LogP contribution in [0, 0.1) is 0 Å². The third kappa shape index (κ3) is 4.85. The molecule has 1 saturated heterocycles. The molecule has 1 heterocycles. The number of piperidine rings is 1. The lowest BCUT2D eigenvalue weighted by atomic mass is 9.88. The van der Waals surface area contributed by atoms with Gasteiger partial charge in [-0.1, -0.05) is 48.5 Å². The first kappa shape index (κ1) is 21.6. The number of hydrogen-bond acceptors (Lipinski definition) is 3. The summed E-state index contributed by atoms with van der Waals surface area (Å²) in [6.45, 7) is 2.04. The fourth-order valence-electron chi connectivity index (χ4n) is 4.35. The van der Waals surface area contributed by atoms with Gasteiger partial charge < -0.3 is 15.2 Å². The zero-order valence-corrected chi connectivity index (χ0v) is 18.6. The molecule has 1 atom stereocenters. The van der Waals surface area contributed by atoms with Crippen LogP contribution in [0.25, 0.3) is 11.1 Å². The first-order chi connectivity index (χ1) is 15.1. The molecule has 1 aliphatic rings. The van der Waals surface area contributed by atoms with E-state index in [-0.39, 0.29) is 5.91 Å². The molecule has 0 saturated carbocycles. The monoisotopic (exact) mass is 432 g/mol. The Balaban J connectivity index is 1.48. The van der Waals surface area contributed by atoms with Gasteiger partial charge in [-0.05, 0) is 70.9 Å². The number of carbonyl (C=O) groups is 1. The van der Waals surface area contributed by atoms with Gasteiger partial charge >= 0.3 is 0 Å². The number of rotatable bonds is 5. The van der Waals surface area contributed by atoms with Gasteiger partial charge in [-0.25, -0.2) is 0 Å². The van der Waals surface area contributed by atoms with E-state index in [0.717, 1.165) is 47.5 Å². The van der Waals surface area contributed by atoms with Crippen LogP contribution in [0.1, 0.15) is 40.2 Å². The smallest absolute Gasteiger partial charge is 0.253 e. The molecule has 4 nitrogen and oxygen atoms in total. The van der Waals surface area contributed by atoms with Crippen molar-refractivity contribution in [1.82, 2.24) is 4.90 Å². The Morgan fingerprint density at radius 1 is 1.03 bits per heavy atom. The van der Waals surface area contributed by atoms with Crippen molar-refractivity contribution in [3.8, 4) is 11.1 Å². The number of carbonyl (C=O) groups excluding carboxylic acids is 1. The van der Waals surface area contributed by atoms with Crippen molar-refractivity contribution in [3.63, 3.8) is 0 Å². The Bertz CT molecular complexity index is 1060. The van der Waals surface area contributed by atoms with Crippen LogP contribution in [0.5, 0.6) is 0 Å². The summed E-state index contributed by atoms with van der Waals surface area (Å²) < 4.78 is 12.1. The van der Waals surface area contributed by atoms with Crippen LogP contribution >= 0.6 is 0 Å². The van der Waals surface area contributed by atoms with E-state index in [0.29, 0.717) is 18.0 Å². The first-order valence-corrected chi connectivity index (χ1v) is 12.2. The molecule has 3 aromatic carbocycles. The van der Waals surface area contributed by atoms with E-state index in [1.54, 1.807) is 6.26 Å². The number of hydrogen-bond donors (Lipinski definition) is 1. The normalized spacial score (nSPS) is 15.6. The Kier molecular flexibility index (Phi) is 6.76. The summed E-state index contributed by atoms with van der Waals surface area (Å²) in [5, 5.41) is 0. The summed E-state index contributed by atoms with van der Waals surface area (Å²) in [5.41, 5.74) is 10.8. The van der Waals surface area contributed by atoms with Crippen LogP contribution in [0.4, 0.5) is 0 Å².